The van der Waals surface area contributed by atoms with Crippen LogP contribution in [0.2, 0.25) is 0 Å². The molecular weight excluding hydrogens is 420 g/mol. The number of amides is 3. The van der Waals surface area contributed by atoms with Crippen LogP contribution in [-0.4, -0.2) is 43.6 Å². The van der Waals surface area contributed by atoms with Gasteiger partial charge in [0.25, 0.3) is 0 Å². The van der Waals surface area contributed by atoms with Gasteiger partial charge in [0, 0.05) is 12.1 Å². The maximum absolute atomic E-state index is 13.8. The summed E-state index contributed by atoms with van der Waals surface area (Å²) in [4.78, 5) is 28.5. The first-order chi connectivity index (χ1) is 15.9. The first-order valence-corrected chi connectivity index (χ1v) is 10.6. The lowest BCUT2D eigenvalue weighted by Crippen LogP contribution is -2.54. The predicted molar refractivity (Wildman–Crippen MR) is 126 cm³/mol. The zero-order chi connectivity index (χ0) is 23.7. The van der Waals surface area contributed by atoms with Crippen LogP contribution in [-0.2, 0) is 11.3 Å². The van der Waals surface area contributed by atoms with Gasteiger partial charge in [-0.05, 0) is 31.1 Å². The Morgan fingerprint density at radius 1 is 0.939 bits per heavy atom. The van der Waals surface area contributed by atoms with Gasteiger partial charge in [0.05, 0.1) is 21.3 Å². The molecule has 7 nitrogen and oxygen atoms in total. The number of anilines is 1. The fourth-order valence-electron chi connectivity index (χ4n) is 4.20. The van der Waals surface area contributed by atoms with Gasteiger partial charge in [0.1, 0.15) is 23.9 Å². The number of ether oxygens (including phenoxy) is 3. The fraction of sp³-hybridized carbons (Fsp3) is 0.269. The van der Waals surface area contributed by atoms with E-state index in [0.29, 0.717) is 35.2 Å². The SMILES string of the molecule is COc1cc(N2C(=O)C3C=CC=CC3=[N+](Cc3cc(C)ccc3C)C2=O)cc(OC)c1OC. The largest absolute Gasteiger partial charge is 0.506 e. The third-order valence-electron chi connectivity index (χ3n) is 5.96. The van der Waals surface area contributed by atoms with E-state index in [4.69, 9.17) is 14.2 Å². The Labute approximate surface area is 193 Å². The number of methoxy groups -OCH3 is 3. The Morgan fingerprint density at radius 3 is 2.27 bits per heavy atom. The van der Waals surface area contributed by atoms with Gasteiger partial charge in [0.2, 0.25) is 5.75 Å². The van der Waals surface area contributed by atoms with Crippen molar-refractivity contribution in [2.75, 3.05) is 26.2 Å². The molecule has 7 heteroatoms. The van der Waals surface area contributed by atoms with Crippen LogP contribution < -0.4 is 19.1 Å². The van der Waals surface area contributed by atoms with Gasteiger partial charge in [-0.2, -0.15) is 9.37 Å². The van der Waals surface area contributed by atoms with Crippen molar-refractivity contribution < 1.29 is 28.4 Å². The van der Waals surface area contributed by atoms with Crippen molar-refractivity contribution in [2.45, 2.75) is 20.4 Å². The van der Waals surface area contributed by atoms with Gasteiger partial charge in [0.15, 0.2) is 11.5 Å². The van der Waals surface area contributed by atoms with Crippen molar-refractivity contribution >= 4 is 23.3 Å². The summed E-state index contributed by atoms with van der Waals surface area (Å²) < 4.78 is 17.9. The Balaban J connectivity index is 1.86. The van der Waals surface area contributed by atoms with E-state index < -0.39 is 11.9 Å². The second kappa shape index (κ2) is 8.94. The lowest BCUT2D eigenvalue weighted by Gasteiger charge is -2.27. The first kappa shape index (κ1) is 22.3. The quantitative estimate of drug-likeness (QED) is 0.621. The minimum Gasteiger partial charge on any atom is -0.493 e. The molecule has 1 unspecified atom stereocenters. The lowest BCUT2D eigenvalue weighted by atomic mass is 9.93. The number of hydrogen-bond donors (Lipinski definition) is 0. The van der Waals surface area contributed by atoms with Gasteiger partial charge in [-0.3, -0.25) is 0 Å². The number of hydrogen-bond acceptors (Lipinski definition) is 5. The summed E-state index contributed by atoms with van der Waals surface area (Å²) >= 11 is 0. The van der Waals surface area contributed by atoms with E-state index in [9.17, 15) is 9.59 Å². The van der Waals surface area contributed by atoms with Crippen LogP contribution in [0.4, 0.5) is 10.5 Å². The molecule has 0 saturated heterocycles. The molecule has 2 aliphatic rings. The van der Waals surface area contributed by atoms with E-state index in [2.05, 4.69) is 6.07 Å². The highest BCUT2D eigenvalue weighted by molar-refractivity contribution is 6.26. The second-order valence-electron chi connectivity index (χ2n) is 8.00. The van der Waals surface area contributed by atoms with Crippen molar-refractivity contribution in [1.82, 2.24) is 0 Å². The monoisotopic (exact) mass is 447 g/mol. The molecule has 33 heavy (non-hydrogen) atoms. The van der Waals surface area contributed by atoms with Crippen LogP contribution in [0.5, 0.6) is 17.2 Å². The minimum absolute atomic E-state index is 0.331. The predicted octanol–water partition coefficient (Wildman–Crippen LogP) is 4.19. The molecule has 0 aromatic heterocycles. The normalized spacial score (nSPS) is 17.4. The average molecular weight is 448 g/mol. The number of aryl methyl sites for hydroxylation is 2. The Hall–Kier alpha value is -3.87. The highest BCUT2D eigenvalue weighted by atomic mass is 16.5. The molecule has 1 aliphatic carbocycles. The summed E-state index contributed by atoms with van der Waals surface area (Å²) in [6.45, 7) is 4.39. The number of imide groups is 1. The molecular formula is C26H27N2O5+. The number of rotatable bonds is 6. The summed E-state index contributed by atoms with van der Waals surface area (Å²) in [5.74, 6) is 0.212. The van der Waals surface area contributed by atoms with E-state index >= 15 is 0 Å². The molecule has 0 radical (unpaired) electrons. The molecule has 0 spiro atoms. The molecule has 2 aromatic carbocycles. The van der Waals surface area contributed by atoms with Crippen LogP contribution in [0, 0.1) is 19.8 Å². The van der Waals surface area contributed by atoms with Crippen molar-refractivity contribution in [3.05, 3.63) is 71.3 Å². The molecule has 1 heterocycles. The number of fused-ring (bicyclic) bond motifs is 1. The third kappa shape index (κ3) is 3.91. The Kier molecular flexibility index (Phi) is 6.05. The summed E-state index contributed by atoms with van der Waals surface area (Å²) in [5, 5.41) is 0. The van der Waals surface area contributed by atoms with Crippen molar-refractivity contribution in [1.29, 1.82) is 0 Å². The number of carbonyl (C=O) groups excluding carboxylic acids is 2. The van der Waals surface area contributed by atoms with E-state index in [1.165, 1.54) is 26.2 Å². The molecule has 4 rings (SSSR count). The maximum atomic E-state index is 13.8. The van der Waals surface area contributed by atoms with Gasteiger partial charge in [-0.15, -0.1) is 4.90 Å². The van der Waals surface area contributed by atoms with Gasteiger partial charge >= 0.3 is 11.9 Å². The fourth-order valence-corrected chi connectivity index (χ4v) is 4.20. The van der Waals surface area contributed by atoms with E-state index in [-0.39, 0.29) is 5.91 Å². The summed E-state index contributed by atoms with van der Waals surface area (Å²) in [6.07, 6.45) is 7.31. The first-order valence-electron chi connectivity index (χ1n) is 10.6. The highest BCUT2D eigenvalue weighted by Gasteiger charge is 2.48. The van der Waals surface area contributed by atoms with Crippen molar-refractivity contribution in [3.63, 3.8) is 0 Å². The van der Waals surface area contributed by atoms with Gasteiger partial charge in [-0.1, -0.05) is 42.0 Å². The summed E-state index contributed by atoms with van der Waals surface area (Å²) in [5.41, 5.74) is 4.23. The average Bonchev–Trinajstić information content (AvgIpc) is 2.83. The zero-order valence-electron chi connectivity index (χ0n) is 19.4. The number of nitrogens with zero attached hydrogens (tertiary/aromatic N) is 2. The van der Waals surface area contributed by atoms with Crippen molar-refractivity contribution in [2.24, 2.45) is 5.92 Å². The van der Waals surface area contributed by atoms with Gasteiger partial charge in [-0.25, -0.2) is 4.79 Å². The van der Waals surface area contributed by atoms with Gasteiger partial charge < -0.3 is 14.2 Å². The molecule has 0 N–H and O–H groups in total. The smallest absolute Gasteiger partial charge is 0.493 e. The number of benzene rings is 2. The van der Waals surface area contributed by atoms with Crippen LogP contribution in [0.3, 0.4) is 0 Å². The van der Waals surface area contributed by atoms with Crippen LogP contribution in [0.15, 0.2) is 54.6 Å². The molecule has 0 fully saturated rings. The molecule has 0 bridgehead atoms. The lowest BCUT2D eigenvalue weighted by molar-refractivity contribution is -0.445. The summed E-state index contributed by atoms with van der Waals surface area (Å²) in [6, 6.07) is 8.95. The topological polar surface area (TPSA) is 68.1 Å². The van der Waals surface area contributed by atoms with E-state index in [0.717, 1.165) is 16.7 Å². The molecule has 1 aliphatic heterocycles. The number of urea groups is 1. The maximum Gasteiger partial charge on any atom is 0.506 e. The zero-order valence-corrected chi connectivity index (χ0v) is 19.4. The molecule has 1 atom stereocenters. The van der Waals surface area contributed by atoms with Crippen molar-refractivity contribution in [3.8, 4) is 17.2 Å². The van der Waals surface area contributed by atoms with Crippen LogP contribution >= 0.6 is 0 Å². The molecule has 3 amide bonds. The minimum atomic E-state index is -0.572. The van der Waals surface area contributed by atoms with E-state index in [1.54, 1.807) is 16.7 Å². The molecule has 2 aromatic rings. The Bertz CT molecular complexity index is 1200. The standard InChI is InChI=1S/C26H27N2O5/c1-16-10-11-17(2)18(12-16)15-27-21-9-7-6-8-20(21)25(29)28(26(27)30)19-13-22(31-3)24(33-5)23(14-19)32-4/h6-14,20H,15H2,1-5H3/q+1. The molecule has 0 saturated carbocycles. The van der Waals surface area contributed by atoms with Crippen LogP contribution in [0.1, 0.15) is 16.7 Å². The number of carbonyl (C=O) groups is 2. The summed E-state index contributed by atoms with van der Waals surface area (Å²) in [7, 11) is 4.49. The molecule has 170 valence electrons. The second-order valence-corrected chi connectivity index (χ2v) is 8.00. The highest BCUT2D eigenvalue weighted by Crippen LogP contribution is 2.42. The Morgan fingerprint density at radius 2 is 1.64 bits per heavy atom. The van der Waals surface area contributed by atoms with Crippen LogP contribution in [0.25, 0.3) is 0 Å². The third-order valence-corrected chi connectivity index (χ3v) is 5.96. The van der Waals surface area contributed by atoms with E-state index in [1.807, 2.05) is 50.3 Å². The number of allylic oxidation sites excluding steroid dienone is 3.